The van der Waals surface area contributed by atoms with Crippen molar-refractivity contribution in [3.05, 3.63) is 65.7 Å². The van der Waals surface area contributed by atoms with Crippen LogP contribution < -0.4 is 10.6 Å². The van der Waals surface area contributed by atoms with Crippen molar-refractivity contribution >= 4 is 5.69 Å². The highest BCUT2D eigenvalue weighted by molar-refractivity contribution is 5.44. The molecule has 3 nitrogen and oxygen atoms in total. The Bertz CT molecular complexity index is 577. The van der Waals surface area contributed by atoms with Crippen LogP contribution in [0, 0.1) is 0 Å². The minimum atomic E-state index is 0.0896. The molecule has 0 aliphatic carbocycles. The van der Waals surface area contributed by atoms with Gasteiger partial charge in [0, 0.05) is 24.9 Å². The summed E-state index contributed by atoms with van der Waals surface area (Å²) in [6, 6.07) is 19.5. The highest BCUT2D eigenvalue weighted by atomic mass is 16.5. The van der Waals surface area contributed by atoms with E-state index in [1.807, 2.05) is 0 Å². The van der Waals surface area contributed by atoms with E-state index < -0.39 is 0 Å². The maximum Gasteiger partial charge on any atom is 0.0635 e. The van der Waals surface area contributed by atoms with Gasteiger partial charge in [-0.1, -0.05) is 49.4 Å². The maximum atomic E-state index is 5.07. The molecule has 0 fully saturated rings. The summed E-state index contributed by atoms with van der Waals surface area (Å²) in [5.41, 5.74) is 3.98. The fourth-order valence-corrected chi connectivity index (χ4v) is 3.08. The number of ether oxygens (including phenoxy) is 1. The van der Waals surface area contributed by atoms with Crippen LogP contribution in [0.1, 0.15) is 24.5 Å². The first kappa shape index (κ1) is 18.5. The van der Waals surface area contributed by atoms with E-state index in [0.29, 0.717) is 0 Å². The van der Waals surface area contributed by atoms with Gasteiger partial charge in [0.25, 0.3) is 0 Å². The van der Waals surface area contributed by atoms with Crippen LogP contribution in [-0.4, -0.2) is 32.8 Å². The zero-order valence-corrected chi connectivity index (χ0v) is 15.1. The first-order chi connectivity index (χ1) is 11.7. The zero-order valence-electron chi connectivity index (χ0n) is 15.1. The van der Waals surface area contributed by atoms with Crippen LogP contribution in [-0.2, 0) is 17.6 Å². The fourth-order valence-electron chi connectivity index (χ4n) is 3.08. The minimum absolute atomic E-state index is 0.0896. The summed E-state index contributed by atoms with van der Waals surface area (Å²) in [4.78, 5) is 0. The molecule has 0 bridgehead atoms. The van der Waals surface area contributed by atoms with Gasteiger partial charge in [-0.25, -0.2) is 0 Å². The Morgan fingerprint density at radius 3 is 2.08 bits per heavy atom. The van der Waals surface area contributed by atoms with Gasteiger partial charge in [-0.05, 0) is 49.6 Å². The molecule has 0 heterocycles. The van der Waals surface area contributed by atoms with E-state index in [0.717, 1.165) is 38.1 Å². The molecule has 2 aromatic rings. The molecule has 2 aromatic carbocycles. The average Bonchev–Trinajstić information content (AvgIpc) is 2.63. The SMILES string of the molecule is CCC(Cc1ccccc1)(Cc1ccc(NCCOC)cc1)NC. The van der Waals surface area contributed by atoms with Gasteiger partial charge in [-0.2, -0.15) is 0 Å². The molecule has 24 heavy (non-hydrogen) atoms. The van der Waals surface area contributed by atoms with Gasteiger partial charge in [0.05, 0.1) is 6.61 Å². The normalized spacial score (nSPS) is 13.5. The minimum Gasteiger partial charge on any atom is -0.383 e. The Balaban J connectivity index is 2.04. The predicted molar refractivity (Wildman–Crippen MR) is 103 cm³/mol. The zero-order chi connectivity index (χ0) is 17.3. The molecular weight excluding hydrogens is 296 g/mol. The number of rotatable bonds is 10. The Hall–Kier alpha value is -1.84. The Morgan fingerprint density at radius 2 is 1.54 bits per heavy atom. The molecule has 0 saturated heterocycles. The van der Waals surface area contributed by atoms with Gasteiger partial charge < -0.3 is 15.4 Å². The molecule has 0 radical (unpaired) electrons. The quantitative estimate of drug-likeness (QED) is 0.650. The van der Waals surface area contributed by atoms with Gasteiger partial charge >= 0.3 is 0 Å². The molecule has 0 aliphatic heterocycles. The molecule has 0 aliphatic rings. The number of methoxy groups -OCH3 is 1. The third kappa shape index (κ3) is 5.36. The number of benzene rings is 2. The van der Waals surface area contributed by atoms with Gasteiger partial charge in [0.15, 0.2) is 0 Å². The van der Waals surface area contributed by atoms with Crippen molar-refractivity contribution in [1.29, 1.82) is 0 Å². The molecular formula is C21H30N2O. The van der Waals surface area contributed by atoms with Crippen LogP contribution in [0.2, 0.25) is 0 Å². The Kier molecular flexibility index (Phi) is 7.29. The number of hydrogen-bond acceptors (Lipinski definition) is 3. The number of hydrogen-bond donors (Lipinski definition) is 2. The predicted octanol–water partition coefficient (Wildman–Crippen LogP) is 3.90. The van der Waals surface area contributed by atoms with E-state index in [4.69, 9.17) is 4.74 Å². The summed E-state index contributed by atoms with van der Waals surface area (Å²) in [5, 5.41) is 6.95. The molecule has 0 saturated carbocycles. The summed E-state index contributed by atoms with van der Waals surface area (Å²) >= 11 is 0. The van der Waals surface area contributed by atoms with Crippen molar-refractivity contribution in [2.24, 2.45) is 0 Å². The van der Waals surface area contributed by atoms with Crippen molar-refractivity contribution in [3.63, 3.8) is 0 Å². The molecule has 0 aromatic heterocycles. The lowest BCUT2D eigenvalue weighted by molar-refractivity contribution is 0.211. The van der Waals surface area contributed by atoms with Crippen LogP contribution in [0.15, 0.2) is 54.6 Å². The topological polar surface area (TPSA) is 33.3 Å². The van der Waals surface area contributed by atoms with E-state index in [1.165, 1.54) is 11.1 Å². The van der Waals surface area contributed by atoms with Crippen LogP contribution in [0.5, 0.6) is 0 Å². The van der Waals surface area contributed by atoms with Crippen LogP contribution in [0.3, 0.4) is 0 Å². The van der Waals surface area contributed by atoms with Crippen LogP contribution >= 0.6 is 0 Å². The van der Waals surface area contributed by atoms with Crippen molar-refractivity contribution < 1.29 is 4.74 Å². The summed E-state index contributed by atoms with van der Waals surface area (Å²) in [6.45, 7) is 3.82. The first-order valence-electron chi connectivity index (χ1n) is 8.76. The van der Waals surface area contributed by atoms with Gasteiger partial charge in [0.1, 0.15) is 0 Å². The van der Waals surface area contributed by atoms with Crippen molar-refractivity contribution in [1.82, 2.24) is 5.32 Å². The summed E-state index contributed by atoms with van der Waals surface area (Å²) in [6.07, 6.45) is 3.15. The Morgan fingerprint density at radius 1 is 0.917 bits per heavy atom. The highest BCUT2D eigenvalue weighted by Gasteiger charge is 2.26. The lowest BCUT2D eigenvalue weighted by Gasteiger charge is -2.33. The number of anilines is 1. The van der Waals surface area contributed by atoms with E-state index in [2.05, 4.69) is 79.2 Å². The highest BCUT2D eigenvalue weighted by Crippen LogP contribution is 2.23. The number of nitrogens with one attached hydrogen (secondary N) is 2. The third-order valence-electron chi connectivity index (χ3n) is 4.72. The molecule has 1 unspecified atom stereocenters. The monoisotopic (exact) mass is 326 g/mol. The van der Waals surface area contributed by atoms with E-state index in [1.54, 1.807) is 7.11 Å². The third-order valence-corrected chi connectivity index (χ3v) is 4.72. The summed E-state index contributed by atoms with van der Waals surface area (Å²) in [7, 11) is 3.80. The van der Waals surface area contributed by atoms with Crippen LogP contribution in [0.25, 0.3) is 0 Å². The van der Waals surface area contributed by atoms with Gasteiger partial charge in [0.2, 0.25) is 0 Å². The lowest BCUT2D eigenvalue weighted by atomic mass is 9.82. The summed E-state index contributed by atoms with van der Waals surface area (Å²) in [5.74, 6) is 0. The van der Waals surface area contributed by atoms with Crippen molar-refractivity contribution in [2.75, 3.05) is 32.6 Å². The second-order valence-corrected chi connectivity index (χ2v) is 6.34. The van der Waals surface area contributed by atoms with E-state index >= 15 is 0 Å². The van der Waals surface area contributed by atoms with E-state index in [9.17, 15) is 0 Å². The molecule has 130 valence electrons. The molecule has 1 atom stereocenters. The van der Waals surface area contributed by atoms with Crippen molar-refractivity contribution in [3.8, 4) is 0 Å². The maximum absolute atomic E-state index is 5.07. The lowest BCUT2D eigenvalue weighted by Crippen LogP contribution is -2.46. The molecule has 0 amide bonds. The number of likely N-dealkylation sites (N-methyl/N-ethyl adjacent to an activating group) is 1. The molecule has 2 N–H and O–H groups in total. The van der Waals surface area contributed by atoms with Gasteiger partial charge in [-0.3, -0.25) is 0 Å². The molecule has 0 spiro atoms. The fraction of sp³-hybridized carbons (Fsp3) is 0.429. The summed E-state index contributed by atoms with van der Waals surface area (Å²) < 4.78 is 5.07. The standard InChI is InChI=1S/C21H30N2O/c1-4-21(22-2,16-18-8-6-5-7-9-18)17-19-10-12-20(13-11-19)23-14-15-24-3/h5-13,22-23H,4,14-17H2,1-3H3. The molecule has 3 heteroatoms. The first-order valence-corrected chi connectivity index (χ1v) is 8.76. The van der Waals surface area contributed by atoms with Crippen molar-refractivity contribution in [2.45, 2.75) is 31.7 Å². The van der Waals surface area contributed by atoms with Gasteiger partial charge in [-0.15, -0.1) is 0 Å². The molecule has 2 rings (SSSR count). The smallest absolute Gasteiger partial charge is 0.0635 e. The average molecular weight is 326 g/mol. The largest absolute Gasteiger partial charge is 0.383 e. The second-order valence-electron chi connectivity index (χ2n) is 6.34. The van der Waals surface area contributed by atoms with Crippen LogP contribution in [0.4, 0.5) is 5.69 Å². The Labute approximate surface area is 146 Å². The second kappa shape index (κ2) is 9.45. The van der Waals surface area contributed by atoms with E-state index in [-0.39, 0.29) is 5.54 Å².